The number of hydrogen-bond donors (Lipinski definition) is 1. The lowest BCUT2D eigenvalue weighted by molar-refractivity contribution is 0.419. The molecule has 1 unspecified atom stereocenters. The minimum Gasteiger partial charge on any atom is -0.315 e. The van der Waals surface area contributed by atoms with E-state index in [-0.39, 0.29) is 0 Å². The summed E-state index contributed by atoms with van der Waals surface area (Å²) in [5.74, 6) is 0.869. The maximum atomic E-state index is 3.41. The maximum absolute atomic E-state index is 3.41. The lowest BCUT2D eigenvalue weighted by atomic mass is 10.0. The van der Waals surface area contributed by atoms with Crippen molar-refractivity contribution < 1.29 is 0 Å². The molecule has 0 amide bonds. The van der Waals surface area contributed by atoms with Crippen LogP contribution >= 0.6 is 0 Å². The molecule has 0 rings (SSSR count). The van der Waals surface area contributed by atoms with Crippen molar-refractivity contribution in [3.8, 4) is 0 Å². The monoisotopic (exact) mass is 143 g/mol. The fraction of sp³-hybridized carbons (Fsp3) is 1.00. The summed E-state index contributed by atoms with van der Waals surface area (Å²) in [7, 11) is 0. The van der Waals surface area contributed by atoms with Crippen LogP contribution in [0.3, 0.4) is 0 Å². The maximum Gasteiger partial charge on any atom is 0.00411 e. The highest BCUT2D eigenvalue weighted by molar-refractivity contribution is 4.62. The van der Waals surface area contributed by atoms with E-state index < -0.39 is 0 Å². The summed E-state index contributed by atoms with van der Waals surface area (Å²) in [5, 5.41) is 3.41. The van der Waals surface area contributed by atoms with Gasteiger partial charge in [-0.05, 0) is 25.8 Å². The molecule has 10 heavy (non-hydrogen) atoms. The van der Waals surface area contributed by atoms with Crippen LogP contribution in [0.5, 0.6) is 0 Å². The van der Waals surface area contributed by atoms with Crippen molar-refractivity contribution in [2.75, 3.05) is 6.54 Å². The molecule has 0 saturated carbocycles. The van der Waals surface area contributed by atoms with Crippen LogP contribution in [0.4, 0.5) is 0 Å². The molecule has 0 heterocycles. The van der Waals surface area contributed by atoms with Crippen molar-refractivity contribution in [2.24, 2.45) is 5.92 Å². The molecule has 0 aromatic rings. The Morgan fingerprint density at radius 3 is 2.20 bits per heavy atom. The Bertz CT molecular complexity index is 71.1. The molecule has 0 bridgehead atoms. The zero-order valence-electron chi connectivity index (χ0n) is 7.78. The van der Waals surface area contributed by atoms with Crippen LogP contribution in [0.1, 0.15) is 40.5 Å². The Balaban J connectivity index is 3.27. The molecule has 0 spiro atoms. The third-order valence-electron chi connectivity index (χ3n) is 2.01. The number of nitrogens with one attached hydrogen (secondary N) is 1. The van der Waals surface area contributed by atoms with Crippen molar-refractivity contribution in [2.45, 2.75) is 46.6 Å². The molecule has 62 valence electrons. The summed E-state index contributed by atoms with van der Waals surface area (Å²) < 4.78 is 0. The fourth-order valence-corrected chi connectivity index (χ4v) is 1.20. The van der Waals surface area contributed by atoms with Crippen LogP contribution in [0.2, 0.25) is 0 Å². The Morgan fingerprint density at radius 1 is 1.20 bits per heavy atom. The quantitative estimate of drug-likeness (QED) is 0.623. The van der Waals surface area contributed by atoms with Crippen LogP contribution in [0.25, 0.3) is 0 Å². The van der Waals surface area contributed by atoms with Gasteiger partial charge >= 0.3 is 0 Å². The smallest absolute Gasteiger partial charge is 0.00411 e. The van der Waals surface area contributed by atoms with Crippen molar-refractivity contribution in [1.82, 2.24) is 5.32 Å². The first-order valence-corrected chi connectivity index (χ1v) is 4.44. The largest absolute Gasteiger partial charge is 0.315 e. The van der Waals surface area contributed by atoms with Crippen molar-refractivity contribution >= 4 is 0 Å². The van der Waals surface area contributed by atoms with E-state index in [0.29, 0.717) is 6.04 Å². The van der Waals surface area contributed by atoms with E-state index in [2.05, 4.69) is 33.0 Å². The highest BCUT2D eigenvalue weighted by Gasteiger charge is 2.04. The van der Waals surface area contributed by atoms with Crippen LogP contribution in [0.15, 0.2) is 0 Å². The first kappa shape index (κ1) is 9.96. The summed E-state index contributed by atoms with van der Waals surface area (Å²) in [6.07, 6.45) is 2.61. The van der Waals surface area contributed by atoms with Gasteiger partial charge in [0.2, 0.25) is 0 Å². The summed E-state index contributed by atoms with van der Waals surface area (Å²) in [4.78, 5) is 0. The van der Waals surface area contributed by atoms with Crippen LogP contribution < -0.4 is 5.32 Å². The lowest BCUT2D eigenvalue weighted by Crippen LogP contribution is -2.27. The second kappa shape index (κ2) is 5.72. The zero-order chi connectivity index (χ0) is 7.98. The molecule has 0 aliphatic carbocycles. The Morgan fingerprint density at radius 2 is 1.80 bits per heavy atom. The molecule has 1 heteroatoms. The molecule has 1 nitrogen and oxygen atoms in total. The molecule has 0 fully saturated rings. The van der Waals surface area contributed by atoms with Gasteiger partial charge in [-0.2, -0.15) is 0 Å². The average molecular weight is 143 g/mol. The van der Waals surface area contributed by atoms with E-state index in [1.165, 1.54) is 12.8 Å². The van der Waals surface area contributed by atoms with Gasteiger partial charge in [0, 0.05) is 6.04 Å². The van der Waals surface area contributed by atoms with Gasteiger partial charge < -0.3 is 5.32 Å². The number of hydrogen-bond acceptors (Lipinski definition) is 1. The SMILES string of the molecule is CCNC(C)C[C@H](C)CC. The average Bonchev–Trinajstić information content (AvgIpc) is 1.88. The Hall–Kier alpha value is -0.0400. The van der Waals surface area contributed by atoms with Crippen LogP contribution in [-0.4, -0.2) is 12.6 Å². The van der Waals surface area contributed by atoms with Gasteiger partial charge in [0.25, 0.3) is 0 Å². The lowest BCUT2D eigenvalue weighted by Gasteiger charge is -2.15. The Kier molecular flexibility index (Phi) is 5.70. The standard InChI is InChI=1S/C9H21N/c1-5-8(3)7-9(4)10-6-2/h8-10H,5-7H2,1-4H3/t8-,9?/m1/s1. The van der Waals surface area contributed by atoms with Crippen LogP contribution in [0, 0.1) is 5.92 Å². The topological polar surface area (TPSA) is 12.0 Å². The van der Waals surface area contributed by atoms with E-state index in [1.807, 2.05) is 0 Å². The highest BCUT2D eigenvalue weighted by atomic mass is 14.9. The van der Waals surface area contributed by atoms with Gasteiger partial charge in [0.1, 0.15) is 0 Å². The van der Waals surface area contributed by atoms with E-state index in [0.717, 1.165) is 12.5 Å². The molecule has 0 aliphatic rings. The predicted octanol–water partition coefficient (Wildman–Crippen LogP) is 2.42. The summed E-state index contributed by atoms with van der Waals surface area (Å²) in [6, 6.07) is 0.694. The molecule has 1 N–H and O–H groups in total. The normalized spacial score (nSPS) is 16.8. The minimum absolute atomic E-state index is 0.694. The van der Waals surface area contributed by atoms with Gasteiger partial charge in [-0.15, -0.1) is 0 Å². The van der Waals surface area contributed by atoms with Gasteiger partial charge in [-0.1, -0.05) is 27.2 Å². The molecular formula is C9H21N. The van der Waals surface area contributed by atoms with Gasteiger partial charge in [-0.3, -0.25) is 0 Å². The highest BCUT2D eigenvalue weighted by Crippen LogP contribution is 2.08. The summed E-state index contributed by atoms with van der Waals surface area (Å²) >= 11 is 0. The summed E-state index contributed by atoms with van der Waals surface area (Å²) in [6.45, 7) is 10.1. The third-order valence-corrected chi connectivity index (χ3v) is 2.01. The summed E-state index contributed by atoms with van der Waals surface area (Å²) in [5.41, 5.74) is 0. The number of rotatable bonds is 5. The van der Waals surface area contributed by atoms with Crippen molar-refractivity contribution in [3.05, 3.63) is 0 Å². The van der Waals surface area contributed by atoms with Crippen molar-refractivity contribution in [3.63, 3.8) is 0 Å². The van der Waals surface area contributed by atoms with Gasteiger partial charge in [0.15, 0.2) is 0 Å². The van der Waals surface area contributed by atoms with Crippen molar-refractivity contribution in [1.29, 1.82) is 0 Å². The van der Waals surface area contributed by atoms with E-state index in [4.69, 9.17) is 0 Å². The second-order valence-corrected chi connectivity index (χ2v) is 3.21. The molecule has 0 radical (unpaired) electrons. The fourth-order valence-electron chi connectivity index (χ4n) is 1.20. The second-order valence-electron chi connectivity index (χ2n) is 3.21. The Labute approximate surface area is 65.2 Å². The van der Waals surface area contributed by atoms with Gasteiger partial charge in [-0.25, -0.2) is 0 Å². The molecule has 0 saturated heterocycles. The molecule has 2 atom stereocenters. The van der Waals surface area contributed by atoms with E-state index in [9.17, 15) is 0 Å². The molecule has 0 aromatic heterocycles. The molecule has 0 aromatic carbocycles. The van der Waals surface area contributed by atoms with E-state index in [1.54, 1.807) is 0 Å². The first-order valence-electron chi connectivity index (χ1n) is 4.44. The van der Waals surface area contributed by atoms with Gasteiger partial charge in [0.05, 0.1) is 0 Å². The predicted molar refractivity (Wildman–Crippen MR) is 47.2 cm³/mol. The molecular weight excluding hydrogens is 122 g/mol. The van der Waals surface area contributed by atoms with E-state index >= 15 is 0 Å². The van der Waals surface area contributed by atoms with Crippen LogP contribution in [-0.2, 0) is 0 Å². The first-order chi connectivity index (χ1) is 4.70. The zero-order valence-corrected chi connectivity index (χ0v) is 7.78. The minimum atomic E-state index is 0.694. The molecule has 0 aliphatic heterocycles. The third kappa shape index (κ3) is 4.80.